The number of anilines is 1. The average molecular weight is 289 g/mol. The van der Waals surface area contributed by atoms with Crippen molar-refractivity contribution in [2.24, 2.45) is 0 Å². The molecule has 0 saturated carbocycles. The molecule has 0 bridgehead atoms. The van der Waals surface area contributed by atoms with Crippen molar-refractivity contribution in [2.45, 2.75) is 26.7 Å². The SMILES string of the molecule is Cc1cccc(C(C)C)c1NC(=O)c1cccc(F)c1F. The molecule has 0 aliphatic heterocycles. The van der Waals surface area contributed by atoms with Crippen molar-refractivity contribution >= 4 is 11.6 Å². The number of hydrogen-bond donors (Lipinski definition) is 1. The van der Waals surface area contributed by atoms with Crippen LogP contribution in [-0.4, -0.2) is 5.91 Å². The van der Waals surface area contributed by atoms with Crippen LogP contribution in [0.15, 0.2) is 36.4 Å². The zero-order valence-electron chi connectivity index (χ0n) is 12.2. The molecule has 1 N–H and O–H groups in total. The van der Waals surface area contributed by atoms with Crippen LogP contribution in [0.25, 0.3) is 0 Å². The first kappa shape index (κ1) is 15.2. The second-order valence-corrected chi connectivity index (χ2v) is 5.25. The van der Waals surface area contributed by atoms with Gasteiger partial charge >= 0.3 is 0 Å². The third-order valence-corrected chi connectivity index (χ3v) is 3.36. The van der Waals surface area contributed by atoms with Crippen LogP contribution in [0.2, 0.25) is 0 Å². The number of carbonyl (C=O) groups excluding carboxylic acids is 1. The molecular formula is C17H17F2NO. The maximum atomic E-state index is 13.7. The Bertz CT molecular complexity index is 680. The van der Waals surface area contributed by atoms with E-state index in [0.717, 1.165) is 17.2 Å². The zero-order chi connectivity index (χ0) is 15.6. The van der Waals surface area contributed by atoms with E-state index in [4.69, 9.17) is 0 Å². The lowest BCUT2D eigenvalue weighted by atomic mass is 9.98. The zero-order valence-corrected chi connectivity index (χ0v) is 12.2. The van der Waals surface area contributed by atoms with Gasteiger partial charge in [0.2, 0.25) is 0 Å². The number of rotatable bonds is 3. The minimum Gasteiger partial charge on any atom is -0.321 e. The monoisotopic (exact) mass is 289 g/mol. The molecule has 0 spiro atoms. The Morgan fingerprint density at radius 2 is 1.76 bits per heavy atom. The van der Waals surface area contributed by atoms with Crippen molar-refractivity contribution in [2.75, 3.05) is 5.32 Å². The van der Waals surface area contributed by atoms with Gasteiger partial charge in [-0.3, -0.25) is 4.79 Å². The smallest absolute Gasteiger partial charge is 0.258 e. The van der Waals surface area contributed by atoms with Gasteiger partial charge in [0.05, 0.1) is 5.56 Å². The first-order chi connectivity index (χ1) is 9.91. The molecule has 0 aromatic heterocycles. The minimum atomic E-state index is -1.13. The number of hydrogen-bond acceptors (Lipinski definition) is 1. The first-order valence-corrected chi connectivity index (χ1v) is 6.76. The summed E-state index contributed by atoms with van der Waals surface area (Å²) in [5, 5.41) is 2.70. The van der Waals surface area contributed by atoms with Gasteiger partial charge in [0.1, 0.15) is 0 Å². The van der Waals surface area contributed by atoms with Gasteiger partial charge in [0.25, 0.3) is 5.91 Å². The van der Waals surface area contributed by atoms with Crippen molar-refractivity contribution in [3.63, 3.8) is 0 Å². The Labute approximate surface area is 122 Å². The number of aryl methyl sites for hydroxylation is 1. The van der Waals surface area contributed by atoms with Crippen molar-refractivity contribution in [3.05, 3.63) is 64.7 Å². The molecule has 0 saturated heterocycles. The Hall–Kier alpha value is -2.23. The normalized spacial score (nSPS) is 10.8. The van der Waals surface area contributed by atoms with Crippen molar-refractivity contribution in [1.29, 1.82) is 0 Å². The van der Waals surface area contributed by atoms with Crippen LogP contribution < -0.4 is 5.32 Å². The summed E-state index contributed by atoms with van der Waals surface area (Å²) in [5.74, 6) is -2.60. The largest absolute Gasteiger partial charge is 0.321 e. The van der Waals surface area contributed by atoms with Crippen LogP contribution in [0.3, 0.4) is 0 Å². The molecule has 2 aromatic rings. The third-order valence-electron chi connectivity index (χ3n) is 3.36. The highest BCUT2D eigenvalue weighted by Gasteiger charge is 2.17. The lowest BCUT2D eigenvalue weighted by Gasteiger charge is -2.16. The molecule has 0 aliphatic carbocycles. The predicted molar refractivity (Wildman–Crippen MR) is 79.6 cm³/mol. The molecule has 21 heavy (non-hydrogen) atoms. The van der Waals surface area contributed by atoms with Gasteiger partial charge in [-0.2, -0.15) is 0 Å². The molecule has 2 rings (SSSR count). The number of amides is 1. The summed E-state index contributed by atoms with van der Waals surface area (Å²) in [7, 11) is 0. The number of halogens is 2. The number of carbonyl (C=O) groups is 1. The molecular weight excluding hydrogens is 272 g/mol. The van der Waals surface area contributed by atoms with Crippen LogP contribution in [0.4, 0.5) is 14.5 Å². The molecule has 0 fully saturated rings. The van der Waals surface area contributed by atoms with E-state index >= 15 is 0 Å². The first-order valence-electron chi connectivity index (χ1n) is 6.76. The lowest BCUT2D eigenvalue weighted by molar-refractivity contribution is 0.102. The van der Waals surface area contributed by atoms with E-state index in [1.807, 2.05) is 39.0 Å². The summed E-state index contributed by atoms with van der Waals surface area (Å²) in [4.78, 5) is 12.2. The van der Waals surface area contributed by atoms with Gasteiger partial charge in [-0.15, -0.1) is 0 Å². The van der Waals surface area contributed by atoms with Gasteiger partial charge < -0.3 is 5.32 Å². The van der Waals surface area contributed by atoms with Crippen molar-refractivity contribution < 1.29 is 13.6 Å². The number of benzene rings is 2. The van der Waals surface area contributed by atoms with Gasteiger partial charge in [-0.1, -0.05) is 38.1 Å². The molecule has 1 amide bonds. The maximum Gasteiger partial charge on any atom is 0.258 e. The highest BCUT2D eigenvalue weighted by molar-refractivity contribution is 6.05. The van der Waals surface area contributed by atoms with Gasteiger partial charge in [0, 0.05) is 5.69 Å². The third kappa shape index (κ3) is 3.10. The van der Waals surface area contributed by atoms with E-state index < -0.39 is 17.5 Å². The number of para-hydroxylation sites is 1. The summed E-state index contributed by atoms with van der Waals surface area (Å²) < 4.78 is 26.9. The summed E-state index contributed by atoms with van der Waals surface area (Å²) in [6.07, 6.45) is 0. The number of nitrogens with one attached hydrogen (secondary N) is 1. The molecule has 0 heterocycles. The van der Waals surface area contributed by atoms with Gasteiger partial charge in [-0.25, -0.2) is 8.78 Å². The fourth-order valence-electron chi connectivity index (χ4n) is 2.20. The van der Waals surface area contributed by atoms with E-state index in [1.54, 1.807) is 0 Å². The topological polar surface area (TPSA) is 29.1 Å². The predicted octanol–water partition coefficient (Wildman–Crippen LogP) is 4.65. The average Bonchev–Trinajstić information content (AvgIpc) is 2.43. The van der Waals surface area contributed by atoms with E-state index in [9.17, 15) is 13.6 Å². The summed E-state index contributed by atoms with van der Waals surface area (Å²) in [6, 6.07) is 9.25. The fraction of sp³-hybridized carbons (Fsp3) is 0.235. The summed E-state index contributed by atoms with van der Waals surface area (Å²) >= 11 is 0. The summed E-state index contributed by atoms with van der Waals surface area (Å²) in [6.45, 7) is 5.88. The maximum absolute atomic E-state index is 13.7. The van der Waals surface area contributed by atoms with Crippen LogP contribution in [0.1, 0.15) is 41.3 Å². The molecule has 2 aromatic carbocycles. The standard InChI is InChI=1S/C17H17F2NO/c1-10(2)12-7-4-6-11(3)16(12)20-17(21)13-8-5-9-14(18)15(13)19/h4-10H,1-3H3,(H,20,21). The molecule has 0 atom stereocenters. The highest BCUT2D eigenvalue weighted by Crippen LogP contribution is 2.28. The second kappa shape index (κ2) is 6.04. The van der Waals surface area contributed by atoms with Crippen LogP contribution in [0, 0.1) is 18.6 Å². The molecule has 0 aliphatic rings. The molecule has 0 radical (unpaired) electrons. The van der Waals surface area contributed by atoms with Crippen LogP contribution in [-0.2, 0) is 0 Å². The Balaban J connectivity index is 2.39. The Morgan fingerprint density at radius 3 is 2.43 bits per heavy atom. The molecule has 0 unspecified atom stereocenters. The highest BCUT2D eigenvalue weighted by atomic mass is 19.2. The Kier molecular flexibility index (Phi) is 4.36. The van der Waals surface area contributed by atoms with Crippen molar-refractivity contribution in [3.8, 4) is 0 Å². The van der Waals surface area contributed by atoms with Gasteiger partial charge in [0.15, 0.2) is 11.6 Å². The van der Waals surface area contributed by atoms with E-state index in [0.29, 0.717) is 5.69 Å². The van der Waals surface area contributed by atoms with Crippen LogP contribution >= 0.6 is 0 Å². The lowest BCUT2D eigenvalue weighted by Crippen LogP contribution is -2.16. The van der Waals surface area contributed by atoms with E-state index in [2.05, 4.69) is 5.32 Å². The summed E-state index contributed by atoms with van der Waals surface area (Å²) in [5.41, 5.74) is 2.20. The molecule has 110 valence electrons. The van der Waals surface area contributed by atoms with E-state index in [1.165, 1.54) is 12.1 Å². The molecule has 2 nitrogen and oxygen atoms in total. The van der Waals surface area contributed by atoms with Gasteiger partial charge in [-0.05, 0) is 36.1 Å². The Morgan fingerprint density at radius 1 is 1.10 bits per heavy atom. The minimum absolute atomic E-state index is 0.206. The van der Waals surface area contributed by atoms with E-state index in [-0.39, 0.29) is 11.5 Å². The second-order valence-electron chi connectivity index (χ2n) is 5.25. The van der Waals surface area contributed by atoms with Crippen molar-refractivity contribution in [1.82, 2.24) is 0 Å². The molecule has 4 heteroatoms. The fourth-order valence-corrected chi connectivity index (χ4v) is 2.20. The quantitative estimate of drug-likeness (QED) is 0.875. The van der Waals surface area contributed by atoms with Crippen LogP contribution in [0.5, 0.6) is 0 Å².